The minimum absolute atomic E-state index is 0.621. The van der Waals surface area contributed by atoms with Crippen molar-refractivity contribution in [2.75, 3.05) is 0 Å². The number of hydrogen-bond acceptors (Lipinski definition) is 1. The summed E-state index contributed by atoms with van der Waals surface area (Å²) in [6, 6.07) is 8.48. The molecule has 1 aromatic rings. The van der Waals surface area contributed by atoms with Gasteiger partial charge in [0.25, 0.3) is 0 Å². The van der Waals surface area contributed by atoms with Crippen molar-refractivity contribution in [1.29, 1.82) is 0 Å². The Bertz CT molecular complexity index is 303. The molecular formula is C10H9F3O. The van der Waals surface area contributed by atoms with Gasteiger partial charge in [-0.05, 0) is 11.6 Å². The molecule has 0 aliphatic heterocycles. The Balaban J connectivity index is 2.66. The van der Waals surface area contributed by atoms with Crippen LogP contribution in [-0.2, 0) is 0 Å². The Labute approximate surface area is 79.5 Å². The lowest BCUT2D eigenvalue weighted by atomic mass is 10.2. The molecule has 0 fully saturated rings. The minimum atomic E-state index is -4.59. The SMILES string of the molecule is O[C@@H](/C=C/c1ccccc1)C(F)(F)F. The van der Waals surface area contributed by atoms with E-state index >= 15 is 0 Å². The first-order valence-electron chi connectivity index (χ1n) is 3.98. The maximum atomic E-state index is 11.9. The first-order chi connectivity index (χ1) is 6.50. The van der Waals surface area contributed by atoms with Crippen LogP contribution in [0.3, 0.4) is 0 Å². The lowest BCUT2D eigenvalue weighted by Gasteiger charge is -2.09. The van der Waals surface area contributed by atoms with Crippen LogP contribution in [0.2, 0.25) is 0 Å². The fourth-order valence-electron chi connectivity index (χ4n) is 0.876. The predicted molar refractivity (Wildman–Crippen MR) is 47.5 cm³/mol. The molecule has 0 unspecified atom stereocenters. The lowest BCUT2D eigenvalue weighted by molar-refractivity contribution is -0.187. The van der Waals surface area contributed by atoms with E-state index in [-0.39, 0.29) is 0 Å². The first kappa shape index (κ1) is 10.8. The fourth-order valence-corrected chi connectivity index (χ4v) is 0.876. The van der Waals surface area contributed by atoms with Crippen LogP contribution >= 0.6 is 0 Å². The van der Waals surface area contributed by atoms with Gasteiger partial charge in [-0.15, -0.1) is 0 Å². The molecule has 1 nitrogen and oxygen atoms in total. The van der Waals surface area contributed by atoms with Gasteiger partial charge < -0.3 is 5.11 Å². The van der Waals surface area contributed by atoms with E-state index in [2.05, 4.69) is 0 Å². The molecule has 0 aromatic heterocycles. The zero-order valence-corrected chi connectivity index (χ0v) is 7.20. The Hall–Kier alpha value is -1.29. The third-order valence-corrected chi connectivity index (χ3v) is 1.61. The number of aliphatic hydroxyl groups is 1. The molecule has 0 aliphatic rings. The van der Waals surface area contributed by atoms with Gasteiger partial charge in [0, 0.05) is 0 Å². The van der Waals surface area contributed by atoms with Crippen molar-refractivity contribution < 1.29 is 18.3 Å². The van der Waals surface area contributed by atoms with Gasteiger partial charge in [0.2, 0.25) is 0 Å². The second-order valence-electron chi connectivity index (χ2n) is 2.76. The Morgan fingerprint density at radius 2 is 1.71 bits per heavy atom. The summed E-state index contributed by atoms with van der Waals surface area (Å²) in [5.74, 6) is 0. The van der Waals surface area contributed by atoms with Gasteiger partial charge in [-0.25, -0.2) is 0 Å². The van der Waals surface area contributed by atoms with Crippen LogP contribution in [0, 0.1) is 0 Å². The van der Waals surface area contributed by atoms with Crippen LogP contribution in [0.1, 0.15) is 5.56 Å². The molecule has 0 bridgehead atoms. The Kier molecular flexibility index (Phi) is 3.30. The summed E-state index contributed by atoms with van der Waals surface area (Å²) in [5.41, 5.74) is 0.621. The van der Waals surface area contributed by atoms with Gasteiger partial charge in [0.15, 0.2) is 6.10 Å². The van der Waals surface area contributed by atoms with Gasteiger partial charge in [0.1, 0.15) is 0 Å². The van der Waals surface area contributed by atoms with Crippen LogP contribution in [-0.4, -0.2) is 17.4 Å². The molecule has 0 amide bonds. The van der Waals surface area contributed by atoms with E-state index in [1.165, 1.54) is 6.08 Å². The van der Waals surface area contributed by atoms with Crippen LogP contribution in [0.4, 0.5) is 13.2 Å². The molecule has 0 aliphatic carbocycles. The zero-order chi connectivity index (χ0) is 10.6. The third kappa shape index (κ3) is 3.22. The molecule has 0 saturated carbocycles. The Morgan fingerprint density at radius 1 is 1.14 bits per heavy atom. The van der Waals surface area contributed by atoms with Gasteiger partial charge in [-0.3, -0.25) is 0 Å². The summed E-state index contributed by atoms with van der Waals surface area (Å²) in [5, 5.41) is 8.64. The normalized spacial score (nSPS) is 14.6. The molecule has 0 spiro atoms. The molecule has 76 valence electrons. The molecular weight excluding hydrogens is 193 g/mol. The average Bonchev–Trinajstić information content (AvgIpc) is 2.14. The lowest BCUT2D eigenvalue weighted by Crippen LogP contribution is -2.25. The number of rotatable bonds is 2. The summed E-state index contributed by atoms with van der Waals surface area (Å²) in [6.45, 7) is 0. The van der Waals surface area contributed by atoms with E-state index in [9.17, 15) is 13.2 Å². The molecule has 0 radical (unpaired) electrons. The van der Waals surface area contributed by atoms with Crippen LogP contribution in [0.5, 0.6) is 0 Å². The average molecular weight is 202 g/mol. The monoisotopic (exact) mass is 202 g/mol. The van der Waals surface area contributed by atoms with Gasteiger partial charge in [0.05, 0.1) is 0 Å². The molecule has 0 heterocycles. The standard InChI is InChI=1S/C10H9F3O/c11-10(12,13)9(14)7-6-8-4-2-1-3-5-8/h1-7,9,14H/b7-6+/t9-/m0/s1. The largest absolute Gasteiger partial charge is 0.417 e. The highest BCUT2D eigenvalue weighted by molar-refractivity contribution is 5.49. The quantitative estimate of drug-likeness (QED) is 0.781. The van der Waals surface area contributed by atoms with Gasteiger partial charge in [-0.1, -0.05) is 36.4 Å². The summed E-state index contributed by atoms with van der Waals surface area (Å²) in [7, 11) is 0. The summed E-state index contributed by atoms with van der Waals surface area (Å²) < 4.78 is 35.6. The smallest absolute Gasteiger partial charge is 0.380 e. The van der Waals surface area contributed by atoms with E-state index < -0.39 is 12.3 Å². The highest BCUT2D eigenvalue weighted by Gasteiger charge is 2.35. The van der Waals surface area contributed by atoms with Gasteiger partial charge in [-0.2, -0.15) is 13.2 Å². The first-order valence-corrected chi connectivity index (χ1v) is 3.98. The number of alkyl halides is 3. The number of benzene rings is 1. The maximum absolute atomic E-state index is 11.9. The topological polar surface area (TPSA) is 20.2 Å². The van der Waals surface area contributed by atoms with Crippen molar-refractivity contribution in [3.8, 4) is 0 Å². The van der Waals surface area contributed by atoms with Gasteiger partial charge >= 0.3 is 6.18 Å². The van der Waals surface area contributed by atoms with E-state index in [1.807, 2.05) is 0 Å². The molecule has 1 atom stereocenters. The molecule has 1 rings (SSSR count). The minimum Gasteiger partial charge on any atom is -0.380 e. The number of aliphatic hydroxyl groups excluding tert-OH is 1. The molecule has 4 heteroatoms. The second-order valence-corrected chi connectivity index (χ2v) is 2.76. The molecule has 1 N–H and O–H groups in total. The highest BCUT2D eigenvalue weighted by Crippen LogP contribution is 2.21. The number of halogens is 3. The maximum Gasteiger partial charge on any atom is 0.417 e. The van der Waals surface area contributed by atoms with E-state index in [0.717, 1.165) is 6.08 Å². The highest BCUT2D eigenvalue weighted by atomic mass is 19.4. The second kappa shape index (κ2) is 4.28. The summed E-state index contributed by atoms with van der Waals surface area (Å²) in [6.07, 6.45) is -5.04. The molecule has 1 aromatic carbocycles. The van der Waals surface area contributed by atoms with Crippen LogP contribution in [0.15, 0.2) is 36.4 Å². The third-order valence-electron chi connectivity index (χ3n) is 1.61. The van der Waals surface area contributed by atoms with Crippen LogP contribution in [0.25, 0.3) is 6.08 Å². The molecule has 14 heavy (non-hydrogen) atoms. The van der Waals surface area contributed by atoms with E-state index in [4.69, 9.17) is 5.11 Å². The van der Waals surface area contributed by atoms with Crippen molar-refractivity contribution in [3.05, 3.63) is 42.0 Å². The molecule has 0 saturated heterocycles. The fraction of sp³-hybridized carbons (Fsp3) is 0.200. The van der Waals surface area contributed by atoms with Crippen molar-refractivity contribution in [1.82, 2.24) is 0 Å². The predicted octanol–water partition coefficient (Wildman–Crippen LogP) is 2.62. The Morgan fingerprint density at radius 3 is 2.21 bits per heavy atom. The van der Waals surface area contributed by atoms with Crippen molar-refractivity contribution >= 4 is 6.08 Å². The summed E-state index contributed by atoms with van der Waals surface area (Å²) >= 11 is 0. The van der Waals surface area contributed by atoms with Crippen molar-refractivity contribution in [2.45, 2.75) is 12.3 Å². The van der Waals surface area contributed by atoms with Crippen LogP contribution < -0.4 is 0 Å². The van der Waals surface area contributed by atoms with E-state index in [1.54, 1.807) is 30.3 Å². The van der Waals surface area contributed by atoms with Crippen molar-refractivity contribution in [2.24, 2.45) is 0 Å². The van der Waals surface area contributed by atoms with Crippen molar-refractivity contribution in [3.63, 3.8) is 0 Å². The number of hydrogen-bond donors (Lipinski definition) is 1. The van der Waals surface area contributed by atoms with E-state index in [0.29, 0.717) is 5.56 Å². The summed E-state index contributed by atoms with van der Waals surface area (Å²) in [4.78, 5) is 0. The zero-order valence-electron chi connectivity index (χ0n) is 7.20.